The first-order valence-electron chi connectivity index (χ1n) is 10.2. The van der Waals surface area contributed by atoms with Gasteiger partial charge in [-0.15, -0.1) is 11.3 Å². The fourth-order valence-corrected chi connectivity index (χ4v) is 4.45. The smallest absolute Gasteiger partial charge is 0.340 e. The highest BCUT2D eigenvalue weighted by molar-refractivity contribution is 7.16. The Morgan fingerprint density at radius 1 is 1.03 bits per heavy atom. The zero-order valence-corrected chi connectivity index (χ0v) is 19.1. The first kappa shape index (κ1) is 22.3. The molecule has 33 heavy (non-hydrogen) atoms. The van der Waals surface area contributed by atoms with Crippen LogP contribution in [-0.4, -0.2) is 31.3 Å². The molecule has 2 aromatic carbocycles. The van der Waals surface area contributed by atoms with Crippen molar-refractivity contribution in [1.29, 1.82) is 0 Å². The summed E-state index contributed by atoms with van der Waals surface area (Å²) in [7, 11) is 2.90. The number of nitrogens with zero attached hydrogens (tertiary/aromatic N) is 1. The number of esters is 1. The maximum Gasteiger partial charge on any atom is 0.340 e. The predicted octanol–water partition coefficient (Wildman–Crippen LogP) is 5.60. The molecule has 0 radical (unpaired) electrons. The van der Waals surface area contributed by atoms with Crippen molar-refractivity contribution >= 4 is 28.2 Å². The van der Waals surface area contributed by atoms with Crippen LogP contribution in [0.2, 0.25) is 0 Å². The number of ether oxygens (including phenoxy) is 2. The van der Waals surface area contributed by atoms with Crippen molar-refractivity contribution in [3.8, 4) is 17.1 Å². The second-order valence-corrected chi connectivity index (χ2v) is 8.36. The third kappa shape index (κ3) is 4.80. The van der Waals surface area contributed by atoms with E-state index in [-0.39, 0.29) is 11.6 Å². The summed E-state index contributed by atoms with van der Waals surface area (Å²) in [6.45, 7) is 2.05. The highest BCUT2D eigenvalue weighted by atomic mass is 32.1. The van der Waals surface area contributed by atoms with E-state index < -0.39 is 11.9 Å². The number of carbonyl (C=O) groups is 2. The van der Waals surface area contributed by atoms with Crippen LogP contribution in [0.5, 0.6) is 5.75 Å². The van der Waals surface area contributed by atoms with Gasteiger partial charge >= 0.3 is 5.97 Å². The summed E-state index contributed by atoms with van der Waals surface area (Å²) >= 11 is 1.33. The van der Waals surface area contributed by atoms with Gasteiger partial charge < -0.3 is 19.3 Å². The highest BCUT2D eigenvalue weighted by Gasteiger charge is 2.23. The summed E-state index contributed by atoms with van der Waals surface area (Å²) in [4.78, 5) is 26.2. The number of amides is 1. The largest absolute Gasteiger partial charge is 0.497 e. The minimum Gasteiger partial charge on any atom is -0.497 e. The molecule has 168 valence electrons. The van der Waals surface area contributed by atoms with Crippen molar-refractivity contribution in [2.75, 3.05) is 19.5 Å². The van der Waals surface area contributed by atoms with Crippen molar-refractivity contribution in [1.82, 2.24) is 5.16 Å². The topological polar surface area (TPSA) is 90.7 Å². The van der Waals surface area contributed by atoms with Crippen molar-refractivity contribution in [2.45, 2.75) is 12.8 Å². The molecule has 1 amide bonds. The lowest BCUT2D eigenvalue weighted by atomic mass is 9.99. The predicted molar refractivity (Wildman–Crippen MR) is 126 cm³/mol. The van der Waals surface area contributed by atoms with Crippen LogP contribution >= 0.6 is 11.3 Å². The summed E-state index contributed by atoms with van der Waals surface area (Å²) in [5.74, 6) is 0.195. The summed E-state index contributed by atoms with van der Waals surface area (Å²) in [6.07, 6.45) is 0. The van der Waals surface area contributed by atoms with Crippen LogP contribution in [0.15, 0.2) is 71.3 Å². The number of methoxy groups -OCH3 is 2. The quantitative estimate of drug-likeness (QED) is 0.360. The normalized spacial score (nSPS) is 11.6. The van der Waals surface area contributed by atoms with E-state index in [2.05, 4.69) is 10.5 Å². The molecule has 0 saturated carbocycles. The van der Waals surface area contributed by atoms with E-state index in [1.54, 1.807) is 31.4 Å². The minimum absolute atomic E-state index is 0.0407. The van der Waals surface area contributed by atoms with Gasteiger partial charge in [0.2, 0.25) is 0 Å². The van der Waals surface area contributed by atoms with Gasteiger partial charge in [0.05, 0.1) is 19.8 Å². The third-order valence-corrected chi connectivity index (χ3v) is 6.46. The highest BCUT2D eigenvalue weighted by Crippen LogP contribution is 2.36. The molecule has 0 unspecified atom stereocenters. The van der Waals surface area contributed by atoms with Crippen LogP contribution in [-0.2, 0) is 4.74 Å². The second kappa shape index (κ2) is 9.70. The van der Waals surface area contributed by atoms with E-state index in [0.29, 0.717) is 22.1 Å². The number of hydrogen-bond acceptors (Lipinski definition) is 7. The van der Waals surface area contributed by atoms with Gasteiger partial charge in [-0.05, 0) is 35.9 Å². The molecule has 8 heteroatoms. The van der Waals surface area contributed by atoms with E-state index in [0.717, 1.165) is 16.0 Å². The van der Waals surface area contributed by atoms with Gasteiger partial charge in [-0.2, -0.15) is 0 Å². The monoisotopic (exact) mass is 462 g/mol. The number of nitrogens with one attached hydrogen (secondary N) is 1. The van der Waals surface area contributed by atoms with E-state index in [9.17, 15) is 9.59 Å². The maximum atomic E-state index is 12.9. The molecule has 1 atom stereocenters. The zero-order chi connectivity index (χ0) is 23.4. The molecule has 0 aliphatic rings. The molecular formula is C25H22N2O5S. The Morgan fingerprint density at radius 3 is 2.42 bits per heavy atom. The number of rotatable bonds is 7. The molecule has 0 bridgehead atoms. The Morgan fingerprint density at radius 2 is 1.76 bits per heavy atom. The summed E-state index contributed by atoms with van der Waals surface area (Å²) in [5, 5.41) is 7.08. The van der Waals surface area contributed by atoms with Crippen LogP contribution in [0.3, 0.4) is 0 Å². The van der Waals surface area contributed by atoms with Gasteiger partial charge in [0.25, 0.3) is 5.91 Å². The number of thiophene rings is 1. The Bertz CT molecular complexity index is 1260. The van der Waals surface area contributed by atoms with Gasteiger partial charge in [0.15, 0.2) is 11.5 Å². The maximum absolute atomic E-state index is 12.9. The molecule has 0 aliphatic carbocycles. The van der Waals surface area contributed by atoms with Gasteiger partial charge in [0.1, 0.15) is 10.8 Å². The Labute approximate surface area is 194 Å². The van der Waals surface area contributed by atoms with Crippen LogP contribution in [0.4, 0.5) is 5.00 Å². The standard InChI is InChI=1S/C25H22N2O5S/c1-15(16-7-5-4-6-8-16)22-13-19(25(29)31-3)24(33-22)26-23(28)20-14-21(32-27-20)17-9-11-18(30-2)12-10-17/h4-15H,1-3H3,(H,26,28)/t15-/m0/s1. The average Bonchev–Trinajstić information content (AvgIpc) is 3.52. The van der Waals surface area contributed by atoms with Crippen molar-refractivity contribution in [2.24, 2.45) is 0 Å². The number of hydrogen-bond donors (Lipinski definition) is 1. The lowest BCUT2D eigenvalue weighted by Crippen LogP contribution is -2.14. The molecule has 0 aliphatic heterocycles. The summed E-state index contributed by atoms with van der Waals surface area (Å²) in [5.41, 5.74) is 2.26. The van der Waals surface area contributed by atoms with Gasteiger partial charge in [-0.3, -0.25) is 4.79 Å². The Balaban J connectivity index is 1.57. The van der Waals surface area contributed by atoms with Crippen molar-refractivity contribution in [3.05, 3.63) is 88.4 Å². The minimum atomic E-state index is -0.521. The lowest BCUT2D eigenvalue weighted by molar-refractivity contribution is 0.0602. The van der Waals surface area contributed by atoms with Crippen LogP contribution in [0, 0.1) is 0 Å². The molecular weight excluding hydrogens is 440 g/mol. The van der Waals surface area contributed by atoms with Crippen LogP contribution < -0.4 is 10.1 Å². The fourth-order valence-electron chi connectivity index (χ4n) is 3.32. The summed E-state index contributed by atoms with van der Waals surface area (Å²) < 4.78 is 15.4. The Kier molecular flexibility index (Phi) is 6.55. The number of aromatic nitrogens is 1. The van der Waals surface area contributed by atoms with Gasteiger partial charge in [-0.1, -0.05) is 42.4 Å². The van der Waals surface area contributed by atoms with Crippen molar-refractivity contribution in [3.63, 3.8) is 0 Å². The second-order valence-electron chi connectivity index (χ2n) is 7.27. The summed E-state index contributed by atoms with van der Waals surface area (Å²) in [6, 6.07) is 20.5. The van der Waals surface area contributed by atoms with Crippen LogP contribution in [0.25, 0.3) is 11.3 Å². The lowest BCUT2D eigenvalue weighted by Gasteiger charge is -2.08. The third-order valence-electron chi connectivity index (χ3n) is 5.23. The van der Waals surface area contributed by atoms with Gasteiger partial charge in [-0.25, -0.2) is 4.79 Å². The zero-order valence-electron chi connectivity index (χ0n) is 18.3. The van der Waals surface area contributed by atoms with E-state index >= 15 is 0 Å². The molecule has 1 N–H and O–H groups in total. The molecule has 0 saturated heterocycles. The number of carbonyl (C=O) groups excluding carboxylic acids is 2. The van der Waals surface area contributed by atoms with Crippen LogP contribution in [0.1, 0.15) is 44.1 Å². The number of benzene rings is 2. The van der Waals surface area contributed by atoms with E-state index in [1.807, 2.05) is 49.4 Å². The van der Waals surface area contributed by atoms with E-state index in [4.69, 9.17) is 14.0 Å². The average molecular weight is 463 g/mol. The SMILES string of the molecule is COC(=O)c1cc([C@@H](C)c2ccccc2)sc1NC(=O)c1cc(-c2ccc(OC)cc2)on1. The van der Waals surface area contributed by atoms with Gasteiger partial charge in [0, 0.05) is 22.4 Å². The molecule has 2 heterocycles. The molecule has 4 aromatic rings. The molecule has 4 rings (SSSR count). The van der Waals surface area contributed by atoms with Crippen molar-refractivity contribution < 1.29 is 23.6 Å². The fraction of sp³-hybridized carbons (Fsp3) is 0.160. The molecule has 0 fully saturated rings. The first-order valence-corrected chi connectivity index (χ1v) is 11.0. The molecule has 2 aromatic heterocycles. The number of anilines is 1. The Hall–Kier alpha value is -3.91. The first-order chi connectivity index (χ1) is 16.0. The van der Waals surface area contributed by atoms with E-state index in [1.165, 1.54) is 18.4 Å². The molecule has 7 nitrogen and oxygen atoms in total. The molecule has 0 spiro atoms.